The second-order valence-electron chi connectivity index (χ2n) is 2.92. The Morgan fingerprint density at radius 2 is 2.12 bits per heavy atom. The summed E-state index contributed by atoms with van der Waals surface area (Å²) in [5.41, 5.74) is -0.0681. The molecule has 0 radical (unpaired) electrons. The second-order valence-corrected chi connectivity index (χ2v) is 8.66. The topological polar surface area (TPSA) is 0 Å². The van der Waals surface area contributed by atoms with E-state index in [2.05, 4.69) is 0 Å². The van der Waals surface area contributed by atoms with Gasteiger partial charge in [-0.2, -0.15) is 0 Å². The first-order valence-electron chi connectivity index (χ1n) is 3.95. The zero-order valence-corrected chi connectivity index (χ0v) is 12.0. The Labute approximate surface area is 70.7 Å². The van der Waals surface area contributed by atoms with Crippen LogP contribution in [0.2, 0.25) is 3.91 Å². The van der Waals surface area contributed by atoms with Crippen LogP contribution in [-0.2, 0) is 23.3 Å². The van der Waals surface area contributed by atoms with Crippen molar-refractivity contribution in [1.82, 2.24) is 0 Å². The van der Waals surface area contributed by atoms with Crippen LogP contribution >= 0.6 is 8.25 Å². The molecule has 2 atom stereocenters. The molecular weight excluding hydrogens is 308 g/mol. The molecule has 0 unspecified atom stereocenters. The summed E-state index contributed by atoms with van der Waals surface area (Å²) in [6.07, 6.45) is -0.285. The van der Waals surface area contributed by atoms with E-state index in [0.29, 0.717) is 0 Å². The van der Waals surface area contributed by atoms with Gasteiger partial charge < -0.3 is 0 Å². The fraction of sp³-hybridized carbons (Fsp3) is 1.00. The first kappa shape index (κ1) is 5.97. The predicted molar refractivity (Wildman–Crippen MR) is 34.7 cm³/mol. The third-order valence-electron chi connectivity index (χ3n) is 0.707. The monoisotopic (exact) mass is 324 g/mol. The molecule has 0 aliphatic carbocycles. The third kappa shape index (κ3) is 7.23. The summed E-state index contributed by atoms with van der Waals surface area (Å²) in [7, 11) is 5.67. The van der Waals surface area contributed by atoms with E-state index in [4.69, 9.17) is 11.0 Å². The van der Waals surface area contributed by atoms with E-state index in [0.717, 1.165) is 0 Å². The molecule has 0 heterocycles. The molecule has 0 saturated heterocycles. The van der Waals surface area contributed by atoms with Gasteiger partial charge in [0.1, 0.15) is 0 Å². The normalized spacial score (nSPS) is 22.5. The van der Waals surface area contributed by atoms with Crippen molar-refractivity contribution in [2.45, 2.75) is 31.1 Å². The quantitative estimate of drug-likeness (QED) is 0.685. The summed E-state index contributed by atoms with van der Waals surface area (Å²) in [6, 6.07) is 0. The molecule has 0 aromatic rings. The molecule has 0 N–H and O–H groups in total. The van der Waals surface area contributed by atoms with Crippen LogP contribution in [0.5, 0.6) is 0 Å². The van der Waals surface area contributed by atoms with Crippen molar-refractivity contribution in [3.63, 3.8) is 0 Å². The zero-order valence-electron chi connectivity index (χ0n) is 7.74. The molecule has 2 heteroatoms. The molecule has 0 aliphatic rings. The summed E-state index contributed by atoms with van der Waals surface area (Å²) >= 11 is -1.49. The van der Waals surface area contributed by atoms with Crippen LogP contribution in [0.4, 0.5) is 0 Å². The molecule has 0 nitrogen and oxygen atoms in total. The number of halogens is 1. The molecule has 0 rings (SSSR count). The van der Waals surface area contributed by atoms with Crippen LogP contribution < -0.4 is 0 Å². The fourth-order valence-electron chi connectivity index (χ4n) is 0.398. The van der Waals surface area contributed by atoms with Gasteiger partial charge in [-0.05, 0) is 0 Å². The molecule has 0 bridgehead atoms. The number of hydrogen-bond acceptors (Lipinski definition) is 0. The van der Waals surface area contributed by atoms with Crippen LogP contribution in [0.3, 0.4) is 0 Å². The van der Waals surface area contributed by atoms with Crippen LogP contribution in [0.25, 0.3) is 0 Å². The van der Waals surface area contributed by atoms with Gasteiger partial charge in [0, 0.05) is 0 Å². The Morgan fingerprint density at radius 1 is 1.62 bits per heavy atom. The molecule has 0 spiro atoms. The van der Waals surface area contributed by atoms with Gasteiger partial charge in [-0.1, -0.05) is 0 Å². The van der Waals surface area contributed by atoms with Gasteiger partial charge in [0.25, 0.3) is 0 Å². The van der Waals surface area contributed by atoms with E-state index >= 15 is 0 Å². The van der Waals surface area contributed by atoms with E-state index in [1.807, 2.05) is 20.8 Å². The van der Waals surface area contributed by atoms with Crippen molar-refractivity contribution in [2.75, 3.05) is 0 Å². The molecule has 0 amide bonds. The van der Waals surface area contributed by atoms with E-state index < -0.39 is 23.3 Å². The van der Waals surface area contributed by atoms with E-state index in [1.54, 1.807) is 0 Å². The van der Waals surface area contributed by atoms with Gasteiger partial charge in [0.05, 0.1) is 0 Å². The average Bonchev–Trinajstić information content (AvgIpc) is 1.83. The second kappa shape index (κ2) is 4.11. The first-order valence-corrected chi connectivity index (χ1v) is 12.7. The van der Waals surface area contributed by atoms with Gasteiger partial charge >= 0.3 is 70.8 Å². The van der Waals surface area contributed by atoms with Crippen molar-refractivity contribution in [3.05, 3.63) is 0 Å². The molecule has 8 heavy (non-hydrogen) atoms. The Morgan fingerprint density at radius 3 is 2.25 bits per heavy atom. The summed E-state index contributed by atoms with van der Waals surface area (Å²) < 4.78 is 14.8. The SMILES string of the molecule is [2H][C@H]([C@@H]([2H])[Hg][Cl])C(C)(C)C. The van der Waals surface area contributed by atoms with E-state index in [9.17, 15) is 0 Å². The van der Waals surface area contributed by atoms with Crippen LogP contribution in [-0.4, -0.2) is 0 Å². The summed E-state index contributed by atoms with van der Waals surface area (Å²) in [6.45, 7) is 5.98. The average molecular weight is 323 g/mol. The predicted octanol–water partition coefficient (Wildman–Crippen LogP) is 3.08. The van der Waals surface area contributed by atoms with Crippen molar-refractivity contribution in [1.29, 1.82) is 0 Å². The van der Waals surface area contributed by atoms with Crippen molar-refractivity contribution >= 4 is 8.25 Å². The van der Waals surface area contributed by atoms with Crippen LogP contribution in [0.15, 0.2) is 0 Å². The summed E-state index contributed by atoms with van der Waals surface area (Å²) in [5.74, 6) is 0. The summed E-state index contributed by atoms with van der Waals surface area (Å²) in [5, 5.41) is 0. The first-order chi connectivity index (χ1) is 4.39. The van der Waals surface area contributed by atoms with Crippen molar-refractivity contribution in [3.8, 4) is 0 Å². The molecule has 46 valence electrons. The zero-order chi connectivity index (χ0) is 8.36. The van der Waals surface area contributed by atoms with Gasteiger partial charge in [-0.15, -0.1) is 0 Å². The van der Waals surface area contributed by atoms with Gasteiger partial charge in [0.2, 0.25) is 0 Å². The maximum absolute atomic E-state index is 7.61. The fourth-order valence-corrected chi connectivity index (χ4v) is 4.28. The minimum atomic E-state index is -1.49. The van der Waals surface area contributed by atoms with Crippen LogP contribution in [0, 0.1) is 5.41 Å². The van der Waals surface area contributed by atoms with Gasteiger partial charge in [-0.25, -0.2) is 0 Å². The Bertz CT molecular complexity index is 102. The minimum absolute atomic E-state index is 0.0681. The summed E-state index contributed by atoms with van der Waals surface area (Å²) in [4.78, 5) is 0. The Balaban J connectivity index is 3.94. The molecule has 0 aliphatic heterocycles. The van der Waals surface area contributed by atoms with Gasteiger partial charge in [-0.3, -0.25) is 0 Å². The van der Waals surface area contributed by atoms with Crippen molar-refractivity contribution < 1.29 is 26.1 Å². The maximum atomic E-state index is 7.61. The van der Waals surface area contributed by atoms with Crippen molar-refractivity contribution in [2.24, 2.45) is 5.41 Å². The molecule has 0 fully saturated rings. The Kier molecular flexibility index (Phi) is 3.06. The van der Waals surface area contributed by atoms with E-state index in [-0.39, 0.29) is 15.7 Å². The van der Waals surface area contributed by atoms with E-state index in [1.165, 1.54) is 0 Å². The Hall–Kier alpha value is 1.23. The van der Waals surface area contributed by atoms with Crippen LogP contribution in [0.1, 0.15) is 29.9 Å². The third-order valence-corrected chi connectivity index (χ3v) is 3.88. The number of hydrogen-bond donors (Lipinski definition) is 0. The molecular formula is C6H13ClHg. The molecule has 0 aromatic carbocycles. The number of rotatable bonds is 2. The standard InChI is InChI=1S/C6H13.ClH.Hg/c1-5-6(2,3)4;;/h1,5H2,2-4H3;1H;/q;;+1/p-1/i1D,5D;;/t5-;;/m1../s1. The van der Waals surface area contributed by atoms with Gasteiger partial charge in [0.15, 0.2) is 0 Å². The molecule has 0 saturated carbocycles. The molecule has 0 aromatic heterocycles.